The fourth-order valence-electron chi connectivity index (χ4n) is 2.90. The fraction of sp³-hybridized carbons (Fsp3) is 0.667. The zero-order valence-corrected chi connectivity index (χ0v) is 15.8. The number of nitrogens with one attached hydrogen (secondary N) is 2. The van der Waals surface area contributed by atoms with Gasteiger partial charge in [0.15, 0.2) is 0 Å². The van der Waals surface area contributed by atoms with Gasteiger partial charge in [0.1, 0.15) is 5.60 Å². The number of alkyl carbamates (subject to hydrolysis) is 1. The number of ether oxygens (including phenoxy) is 2. The minimum atomic E-state index is -0.493. The number of thiophene rings is 1. The number of rotatable bonds is 4. The lowest BCUT2D eigenvalue weighted by atomic mass is 10.1. The number of amides is 2. The maximum Gasteiger partial charge on any atom is 0.407 e. The standard InChI is InChI=1S/C18H26N2O4S/c1-18(2,3)24-17(22)20-14-9-13(14)15-8-11(10-25-15)16(21)19-12-4-6-23-7-5-12/h8,10,12-14H,4-7,9H2,1-3H3,(H,19,21)(H,20,22)/t13-,14-/m1/s1. The Hall–Kier alpha value is -1.60. The molecule has 2 N–H and O–H groups in total. The van der Waals surface area contributed by atoms with Crippen LogP contribution in [-0.4, -0.2) is 42.9 Å². The molecule has 2 aliphatic rings. The van der Waals surface area contributed by atoms with E-state index in [1.807, 2.05) is 32.2 Å². The van der Waals surface area contributed by atoms with Gasteiger partial charge in [0, 0.05) is 41.5 Å². The first-order valence-electron chi connectivity index (χ1n) is 8.78. The fourth-order valence-corrected chi connectivity index (χ4v) is 3.97. The van der Waals surface area contributed by atoms with Crippen LogP contribution in [0.1, 0.15) is 61.2 Å². The number of hydrogen-bond donors (Lipinski definition) is 2. The Morgan fingerprint density at radius 3 is 2.64 bits per heavy atom. The van der Waals surface area contributed by atoms with E-state index in [2.05, 4.69) is 10.6 Å². The van der Waals surface area contributed by atoms with Gasteiger partial charge in [-0.1, -0.05) is 0 Å². The third kappa shape index (κ3) is 5.19. The molecule has 0 spiro atoms. The molecule has 2 amide bonds. The molecule has 2 fully saturated rings. The van der Waals surface area contributed by atoms with Crippen LogP contribution in [0.4, 0.5) is 4.79 Å². The van der Waals surface area contributed by atoms with Crippen LogP contribution in [0.15, 0.2) is 11.4 Å². The smallest absolute Gasteiger partial charge is 0.407 e. The zero-order valence-electron chi connectivity index (χ0n) is 15.0. The summed E-state index contributed by atoms with van der Waals surface area (Å²) in [4.78, 5) is 25.3. The normalized spacial score (nSPS) is 23.8. The van der Waals surface area contributed by atoms with Gasteiger partial charge >= 0.3 is 6.09 Å². The van der Waals surface area contributed by atoms with Crippen molar-refractivity contribution in [2.45, 2.75) is 63.6 Å². The van der Waals surface area contributed by atoms with Gasteiger partial charge in [-0.3, -0.25) is 4.79 Å². The molecule has 1 aliphatic carbocycles. The summed E-state index contributed by atoms with van der Waals surface area (Å²) >= 11 is 1.58. The number of carbonyl (C=O) groups is 2. The second-order valence-corrected chi connectivity index (χ2v) is 8.64. The van der Waals surface area contributed by atoms with Gasteiger partial charge in [0.05, 0.1) is 5.56 Å². The van der Waals surface area contributed by atoms with Crippen LogP contribution >= 0.6 is 11.3 Å². The molecule has 0 bridgehead atoms. The monoisotopic (exact) mass is 366 g/mol. The van der Waals surface area contributed by atoms with Gasteiger partial charge in [0.2, 0.25) is 0 Å². The molecule has 1 aliphatic heterocycles. The van der Waals surface area contributed by atoms with Gasteiger partial charge in [-0.05, 0) is 46.1 Å². The average molecular weight is 366 g/mol. The maximum atomic E-state index is 12.4. The minimum absolute atomic E-state index is 0.0216. The molecule has 7 heteroatoms. The maximum absolute atomic E-state index is 12.4. The van der Waals surface area contributed by atoms with Crippen molar-refractivity contribution < 1.29 is 19.1 Å². The average Bonchev–Trinajstić information content (AvgIpc) is 3.09. The van der Waals surface area contributed by atoms with Crippen molar-refractivity contribution in [3.63, 3.8) is 0 Å². The van der Waals surface area contributed by atoms with Gasteiger partial charge in [0.25, 0.3) is 5.91 Å². The molecule has 1 saturated heterocycles. The van der Waals surface area contributed by atoms with Crippen molar-refractivity contribution in [1.29, 1.82) is 0 Å². The third-order valence-corrected chi connectivity index (χ3v) is 5.36. The third-order valence-electron chi connectivity index (χ3n) is 4.30. The van der Waals surface area contributed by atoms with Gasteiger partial charge < -0.3 is 20.1 Å². The highest BCUT2D eigenvalue weighted by molar-refractivity contribution is 7.10. The lowest BCUT2D eigenvalue weighted by molar-refractivity contribution is 0.0522. The summed E-state index contributed by atoms with van der Waals surface area (Å²) in [5.41, 5.74) is 0.210. The second kappa shape index (κ2) is 7.33. The van der Waals surface area contributed by atoms with Crippen LogP contribution in [0.3, 0.4) is 0 Å². The number of hydrogen-bond acceptors (Lipinski definition) is 5. The zero-order chi connectivity index (χ0) is 18.0. The summed E-state index contributed by atoms with van der Waals surface area (Å²) in [6.07, 6.45) is 2.25. The van der Waals surface area contributed by atoms with Crippen LogP contribution in [0.25, 0.3) is 0 Å². The summed E-state index contributed by atoms with van der Waals surface area (Å²) < 4.78 is 10.6. The van der Waals surface area contributed by atoms with E-state index in [1.54, 1.807) is 11.3 Å². The highest BCUT2D eigenvalue weighted by Gasteiger charge is 2.41. The van der Waals surface area contributed by atoms with E-state index in [4.69, 9.17) is 9.47 Å². The molecule has 1 saturated carbocycles. The van der Waals surface area contributed by atoms with Crippen molar-refractivity contribution in [3.8, 4) is 0 Å². The molecule has 1 aromatic heterocycles. The SMILES string of the molecule is CC(C)(C)OC(=O)N[C@@H]1C[C@H]1c1cc(C(=O)NC2CCOCC2)cs1. The second-order valence-electron chi connectivity index (χ2n) is 7.69. The van der Waals surface area contributed by atoms with Gasteiger partial charge in [-0.25, -0.2) is 4.79 Å². The topological polar surface area (TPSA) is 76.7 Å². The molecule has 1 aromatic rings. The highest BCUT2D eigenvalue weighted by atomic mass is 32.1. The van der Waals surface area contributed by atoms with E-state index in [0.29, 0.717) is 18.8 Å². The van der Waals surface area contributed by atoms with Crippen LogP contribution in [0.5, 0.6) is 0 Å². The Morgan fingerprint density at radius 1 is 1.24 bits per heavy atom. The van der Waals surface area contributed by atoms with E-state index in [9.17, 15) is 9.59 Å². The predicted molar refractivity (Wildman–Crippen MR) is 96.1 cm³/mol. The van der Waals surface area contributed by atoms with E-state index >= 15 is 0 Å². The number of carbonyl (C=O) groups excluding carboxylic acids is 2. The van der Waals surface area contributed by atoms with E-state index in [-0.39, 0.29) is 30.0 Å². The Bertz CT molecular complexity index is 631. The van der Waals surface area contributed by atoms with E-state index in [0.717, 1.165) is 24.1 Å². The first kappa shape index (κ1) is 18.2. The molecule has 3 rings (SSSR count). The summed E-state index contributed by atoms with van der Waals surface area (Å²) in [6, 6.07) is 2.24. The Labute approximate surface area is 152 Å². The molecule has 0 unspecified atom stereocenters. The van der Waals surface area contributed by atoms with E-state index < -0.39 is 5.60 Å². The molecule has 6 nitrogen and oxygen atoms in total. The van der Waals surface area contributed by atoms with E-state index in [1.165, 1.54) is 0 Å². The van der Waals surface area contributed by atoms with Crippen LogP contribution in [-0.2, 0) is 9.47 Å². The van der Waals surface area contributed by atoms with Gasteiger partial charge in [-0.2, -0.15) is 0 Å². The first-order chi connectivity index (χ1) is 11.8. The molecule has 25 heavy (non-hydrogen) atoms. The van der Waals surface area contributed by atoms with Crippen LogP contribution < -0.4 is 10.6 Å². The molecule has 2 atom stereocenters. The van der Waals surface area contributed by atoms with Crippen molar-refractivity contribution in [2.24, 2.45) is 0 Å². The molecule has 138 valence electrons. The molecular formula is C18H26N2O4S. The first-order valence-corrected chi connectivity index (χ1v) is 9.66. The minimum Gasteiger partial charge on any atom is -0.444 e. The summed E-state index contributed by atoms with van der Waals surface area (Å²) in [7, 11) is 0. The summed E-state index contributed by atoms with van der Waals surface area (Å²) in [6.45, 7) is 6.96. The van der Waals surface area contributed by atoms with Crippen molar-refractivity contribution in [1.82, 2.24) is 10.6 Å². The lowest BCUT2D eigenvalue weighted by Crippen LogP contribution is -2.38. The molecular weight excluding hydrogens is 340 g/mol. The van der Waals surface area contributed by atoms with Crippen molar-refractivity contribution in [3.05, 3.63) is 21.9 Å². The Kier molecular flexibility index (Phi) is 5.34. The Balaban J connectivity index is 1.49. The highest BCUT2D eigenvalue weighted by Crippen LogP contribution is 2.43. The summed E-state index contributed by atoms with van der Waals surface area (Å²) in [5.74, 6) is 0.258. The molecule has 2 heterocycles. The Morgan fingerprint density at radius 2 is 1.96 bits per heavy atom. The largest absolute Gasteiger partial charge is 0.444 e. The van der Waals surface area contributed by atoms with Gasteiger partial charge in [-0.15, -0.1) is 11.3 Å². The lowest BCUT2D eigenvalue weighted by Gasteiger charge is -2.22. The quantitative estimate of drug-likeness (QED) is 0.859. The van der Waals surface area contributed by atoms with Crippen LogP contribution in [0, 0.1) is 0 Å². The molecule has 0 aromatic carbocycles. The van der Waals surface area contributed by atoms with Crippen molar-refractivity contribution in [2.75, 3.05) is 13.2 Å². The predicted octanol–water partition coefficient (Wildman–Crippen LogP) is 3.04. The summed E-state index contributed by atoms with van der Waals surface area (Å²) in [5, 5.41) is 7.86. The molecule has 0 radical (unpaired) electrons. The van der Waals surface area contributed by atoms with Crippen molar-refractivity contribution >= 4 is 23.3 Å². The van der Waals surface area contributed by atoms with Crippen LogP contribution in [0.2, 0.25) is 0 Å².